The molecule has 180 valence electrons. The van der Waals surface area contributed by atoms with Crippen molar-refractivity contribution in [2.24, 2.45) is 0 Å². The number of alkyl carbamates (subject to hydrolysis) is 1. The summed E-state index contributed by atoms with van der Waals surface area (Å²) >= 11 is 0. The molecule has 3 aromatic carbocycles. The van der Waals surface area contributed by atoms with Gasteiger partial charge in [0, 0.05) is 22.2 Å². The van der Waals surface area contributed by atoms with Gasteiger partial charge in [-0.2, -0.15) is 0 Å². The Kier molecular flexibility index (Phi) is 5.55. The van der Waals surface area contributed by atoms with Crippen LogP contribution in [0.4, 0.5) is 4.79 Å². The highest BCUT2D eigenvalue weighted by Gasteiger charge is 2.46. The van der Waals surface area contributed by atoms with Crippen LogP contribution in [0.1, 0.15) is 60.8 Å². The third kappa shape index (κ3) is 4.74. The fourth-order valence-electron chi connectivity index (χ4n) is 4.69. The molecule has 4 aromatic rings. The van der Waals surface area contributed by atoms with E-state index in [4.69, 9.17) is 4.74 Å². The molecule has 1 saturated carbocycles. The highest BCUT2D eigenvalue weighted by molar-refractivity contribution is 6.01. The number of aromatic amines is 1. The van der Waals surface area contributed by atoms with Gasteiger partial charge in [-0.15, -0.1) is 0 Å². The Bertz CT molecular complexity index is 1440. The maximum Gasteiger partial charge on any atom is 0.407 e. The van der Waals surface area contributed by atoms with Gasteiger partial charge in [0.25, 0.3) is 5.91 Å². The van der Waals surface area contributed by atoms with Crippen molar-refractivity contribution in [3.63, 3.8) is 0 Å². The number of rotatable bonds is 5. The zero-order valence-corrected chi connectivity index (χ0v) is 20.6. The van der Waals surface area contributed by atoms with Crippen molar-refractivity contribution in [2.75, 3.05) is 0 Å². The summed E-state index contributed by atoms with van der Waals surface area (Å²) in [7, 11) is 0. The van der Waals surface area contributed by atoms with Gasteiger partial charge >= 0.3 is 6.09 Å². The summed E-state index contributed by atoms with van der Waals surface area (Å²) in [6, 6.07) is 20.5. The van der Waals surface area contributed by atoms with Crippen molar-refractivity contribution >= 4 is 33.7 Å². The highest BCUT2D eigenvalue weighted by atomic mass is 16.6. The molecule has 1 aliphatic rings. The fraction of sp³-hybridized carbons (Fsp3) is 0.310. The first-order valence-corrected chi connectivity index (χ1v) is 12.0. The van der Waals surface area contributed by atoms with Crippen LogP contribution in [0.15, 0.2) is 60.7 Å². The molecule has 0 saturated heterocycles. The van der Waals surface area contributed by atoms with Crippen LogP contribution in [-0.4, -0.2) is 22.6 Å². The fourth-order valence-corrected chi connectivity index (χ4v) is 4.69. The molecular weight excluding hydrogens is 438 g/mol. The van der Waals surface area contributed by atoms with E-state index in [-0.39, 0.29) is 11.4 Å². The molecule has 1 fully saturated rings. The first-order valence-electron chi connectivity index (χ1n) is 12.0. The minimum Gasteiger partial charge on any atom is -0.444 e. The summed E-state index contributed by atoms with van der Waals surface area (Å²) in [5.74, 6) is -0.0714. The predicted molar refractivity (Wildman–Crippen MR) is 138 cm³/mol. The van der Waals surface area contributed by atoms with Crippen molar-refractivity contribution < 1.29 is 14.3 Å². The molecule has 2 amide bonds. The van der Waals surface area contributed by atoms with Crippen LogP contribution in [0.2, 0.25) is 0 Å². The lowest BCUT2D eigenvalue weighted by atomic mass is 9.96. The summed E-state index contributed by atoms with van der Waals surface area (Å²) < 4.78 is 5.30. The number of H-pyrrole nitrogens is 1. The van der Waals surface area contributed by atoms with Crippen LogP contribution in [-0.2, 0) is 16.8 Å². The Morgan fingerprint density at radius 2 is 1.74 bits per heavy atom. The quantitative estimate of drug-likeness (QED) is 0.332. The number of carbonyl (C=O) groups is 2. The van der Waals surface area contributed by atoms with Crippen LogP contribution < -0.4 is 10.6 Å². The average molecular weight is 470 g/mol. The lowest BCUT2D eigenvalue weighted by molar-refractivity contribution is 0.0522. The SMILES string of the molecule is Cc1cc2cc(CNC(=O)OC(C)(C)C)[nH]c2cc1C(=O)NC1(c2cccc3ccccc23)CC1. The van der Waals surface area contributed by atoms with Crippen LogP contribution in [0.3, 0.4) is 0 Å². The summed E-state index contributed by atoms with van der Waals surface area (Å²) in [5, 5.41) is 9.47. The van der Waals surface area contributed by atoms with Gasteiger partial charge in [-0.25, -0.2) is 4.79 Å². The number of aryl methyl sites for hydroxylation is 1. The molecule has 0 radical (unpaired) electrons. The van der Waals surface area contributed by atoms with Gasteiger partial charge < -0.3 is 20.4 Å². The minimum atomic E-state index is -0.547. The van der Waals surface area contributed by atoms with Gasteiger partial charge in [0.1, 0.15) is 5.60 Å². The molecule has 0 spiro atoms. The third-order valence-corrected chi connectivity index (χ3v) is 6.50. The Morgan fingerprint density at radius 1 is 1.00 bits per heavy atom. The van der Waals surface area contributed by atoms with E-state index in [2.05, 4.69) is 45.9 Å². The molecular formula is C29H31N3O3. The Morgan fingerprint density at radius 3 is 2.49 bits per heavy atom. The van der Waals surface area contributed by atoms with Gasteiger partial charge in [0.2, 0.25) is 0 Å². The normalized spacial score (nSPS) is 14.6. The largest absolute Gasteiger partial charge is 0.444 e. The highest BCUT2D eigenvalue weighted by Crippen LogP contribution is 2.48. The van der Waals surface area contributed by atoms with E-state index in [0.717, 1.165) is 35.0 Å². The van der Waals surface area contributed by atoms with Crippen molar-refractivity contribution in [3.05, 3.63) is 83.0 Å². The molecule has 0 aliphatic heterocycles. The molecule has 35 heavy (non-hydrogen) atoms. The van der Waals surface area contributed by atoms with Crippen LogP contribution >= 0.6 is 0 Å². The molecule has 5 rings (SSSR count). The van der Waals surface area contributed by atoms with Gasteiger partial charge in [-0.3, -0.25) is 4.79 Å². The van der Waals surface area contributed by atoms with E-state index in [1.54, 1.807) is 0 Å². The van der Waals surface area contributed by atoms with E-state index < -0.39 is 11.7 Å². The van der Waals surface area contributed by atoms with Gasteiger partial charge in [0.15, 0.2) is 0 Å². The van der Waals surface area contributed by atoms with E-state index in [9.17, 15) is 9.59 Å². The summed E-state index contributed by atoms with van der Waals surface area (Å²) in [4.78, 5) is 28.7. The zero-order chi connectivity index (χ0) is 24.8. The number of benzene rings is 3. The van der Waals surface area contributed by atoms with Gasteiger partial charge in [0.05, 0.1) is 12.1 Å². The van der Waals surface area contributed by atoms with Crippen molar-refractivity contribution in [2.45, 2.75) is 58.2 Å². The van der Waals surface area contributed by atoms with Crippen LogP contribution in [0.5, 0.6) is 0 Å². The van der Waals surface area contributed by atoms with E-state index >= 15 is 0 Å². The van der Waals surface area contributed by atoms with Crippen LogP contribution in [0, 0.1) is 6.92 Å². The Hall–Kier alpha value is -3.80. The Labute approximate surface area is 205 Å². The number of carbonyl (C=O) groups excluding carboxylic acids is 2. The topological polar surface area (TPSA) is 83.2 Å². The van der Waals surface area contributed by atoms with E-state index in [1.165, 1.54) is 16.3 Å². The molecule has 3 N–H and O–H groups in total. The molecule has 0 atom stereocenters. The molecule has 0 unspecified atom stereocenters. The molecule has 6 nitrogen and oxygen atoms in total. The van der Waals surface area contributed by atoms with Crippen LogP contribution in [0.25, 0.3) is 21.7 Å². The van der Waals surface area contributed by atoms with E-state index in [1.807, 2.05) is 58.0 Å². The molecule has 1 heterocycles. The number of amides is 2. The average Bonchev–Trinajstić information content (AvgIpc) is 3.46. The minimum absolute atomic E-state index is 0.0714. The first-order chi connectivity index (χ1) is 16.6. The number of fused-ring (bicyclic) bond motifs is 2. The second-order valence-corrected chi connectivity index (χ2v) is 10.5. The maximum absolute atomic E-state index is 13.4. The van der Waals surface area contributed by atoms with E-state index in [0.29, 0.717) is 12.1 Å². The monoisotopic (exact) mass is 469 g/mol. The number of hydrogen-bond donors (Lipinski definition) is 3. The second kappa shape index (κ2) is 8.45. The molecule has 0 bridgehead atoms. The maximum atomic E-state index is 13.4. The summed E-state index contributed by atoms with van der Waals surface area (Å²) in [6.07, 6.45) is 1.39. The number of hydrogen-bond acceptors (Lipinski definition) is 3. The number of ether oxygens (including phenoxy) is 1. The summed E-state index contributed by atoms with van der Waals surface area (Å²) in [5.41, 5.74) is 3.57. The Balaban J connectivity index is 1.35. The third-order valence-electron chi connectivity index (χ3n) is 6.50. The smallest absolute Gasteiger partial charge is 0.407 e. The standard InChI is InChI=1S/C29H31N3O3/c1-18-14-20-15-21(17-30-27(34)35-28(2,3)4)31-25(20)16-23(18)26(33)32-29(12-13-29)24-11-7-9-19-8-5-6-10-22(19)24/h5-11,14-16,31H,12-13,17H2,1-4H3,(H,30,34)(H,32,33). The predicted octanol–water partition coefficient (Wildman–Crippen LogP) is 6.07. The molecule has 6 heteroatoms. The summed E-state index contributed by atoms with van der Waals surface area (Å²) in [6.45, 7) is 7.76. The number of aromatic nitrogens is 1. The van der Waals surface area contributed by atoms with Gasteiger partial charge in [-0.05, 0) is 80.6 Å². The molecule has 1 aromatic heterocycles. The second-order valence-electron chi connectivity index (χ2n) is 10.5. The number of nitrogens with one attached hydrogen (secondary N) is 3. The zero-order valence-electron chi connectivity index (χ0n) is 20.6. The lowest BCUT2D eigenvalue weighted by Gasteiger charge is -2.21. The lowest BCUT2D eigenvalue weighted by Crippen LogP contribution is -2.35. The van der Waals surface area contributed by atoms with Crippen molar-refractivity contribution in [1.29, 1.82) is 0 Å². The van der Waals surface area contributed by atoms with Crippen molar-refractivity contribution in [3.8, 4) is 0 Å². The molecule has 1 aliphatic carbocycles. The van der Waals surface area contributed by atoms with Gasteiger partial charge in [-0.1, -0.05) is 42.5 Å². The first kappa shape index (κ1) is 23.0. The van der Waals surface area contributed by atoms with Crippen molar-refractivity contribution in [1.82, 2.24) is 15.6 Å².